The van der Waals surface area contributed by atoms with Gasteiger partial charge in [0.25, 0.3) is 0 Å². The van der Waals surface area contributed by atoms with E-state index in [-0.39, 0.29) is 0 Å². The standard InChI is InChI=1S/C25H25N3O3/c1-4-19(25(29)30)14-22-17(2)26-27(3)24(22)28-13-12-20-10-11-21(15-23(20)28)31-16-18-8-6-5-7-9-18/h5-15H,4,16H2,1-3H3,(H,29,30). The van der Waals surface area contributed by atoms with E-state index < -0.39 is 5.97 Å². The van der Waals surface area contributed by atoms with Crippen LogP contribution in [0.5, 0.6) is 5.75 Å². The minimum Gasteiger partial charge on any atom is -0.489 e. The van der Waals surface area contributed by atoms with E-state index in [4.69, 9.17) is 4.74 Å². The van der Waals surface area contributed by atoms with Gasteiger partial charge in [0.1, 0.15) is 18.2 Å². The Balaban J connectivity index is 1.76. The van der Waals surface area contributed by atoms with Crippen LogP contribution in [0.2, 0.25) is 0 Å². The van der Waals surface area contributed by atoms with Crippen molar-refractivity contribution in [2.75, 3.05) is 0 Å². The lowest BCUT2D eigenvalue weighted by atomic mass is 10.1. The molecule has 158 valence electrons. The number of rotatable bonds is 7. The van der Waals surface area contributed by atoms with Crippen LogP contribution in [0, 0.1) is 6.92 Å². The predicted molar refractivity (Wildman–Crippen MR) is 121 cm³/mol. The maximum Gasteiger partial charge on any atom is 0.331 e. The average Bonchev–Trinajstić information content (AvgIpc) is 3.29. The number of hydrogen-bond donors (Lipinski definition) is 1. The molecular weight excluding hydrogens is 390 g/mol. The molecule has 0 saturated carbocycles. The number of hydrogen-bond acceptors (Lipinski definition) is 3. The third kappa shape index (κ3) is 4.10. The first-order valence-corrected chi connectivity index (χ1v) is 10.2. The summed E-state index contributed by atoms with van der Waals surface area (Å²) in [4.78, 5) is 11.6. The second kappa shape index (κ2) is 8.52. The zero-order chi connectivity index (χ0) is 22.0. The van der Waals surface area contributed by atoms with Crippen molar-refractivity contribution >= 4 is 22.9 Å². The molecule has 2 aromatic carbocycles. The number of aromatic nitrogens is 3. The van der Waals surface area contributed by atoms with Crippen LogP contribution in [0.4, 0.5) is 0 Å². The number of carboxylic acids is 1. The summed E-state index contributed by atoms with van der Waals surface area (Å²) in [6.07, 6.45) is 4.14. The monoisotopic (exact) mass is 415 g/mol. The molecule has 0 radical (unpaired) electrons. The number of ether oxygens (including phenoxy) is 1. The first-order valence-electron chi connectivity index (χ1n) is 10.2. The van der Waals surface area contributed by atoms with Crippen LogP contribution in [0.25, 0.3) is 22.8 Å². The van der Waals surface area contributed by atoms with E-state index in [9.17, 15) is 9.90 Å². The van der Waals surface area contributed by atoms with E-state index >= 15 is 0 Å². The quantitative estimate of drug-likeness (QED) is 0.425. The lowest BCUT2D eigenvalue weighted by molar-refractivity contribution is -0.132. The number of carboxylic acid groups (broad SMARTS) is 1. The number of benzene rings is 2. The molecule has 0 aliphatic rings. The van der Waals surface area contributed by atoms with E-state index in [1.54, 1.807) is 10.8 Å². The van der Waals surface area contributed by atoms with Gasteiger partial charge in [-0.25, -0.2) is 4.79 Å². The molecule has 1 N–H and O–H groups in total. The maximum atomic E-state index is 11.6. The van der Waals surface area contributed by atoms with Gasteiger partial charge in [-0.2, -0.15) is 5.10 Å². The molecule has 0 aliphatic heterocycles. The van der Waals surface area contributed by atoms with E-state index in [0.29, 0.717) is 18.6 Å². The first kappa shape index (κ1) is 20.5. The predicted octanol–water partition coefficient (Wildman–Crippen LogP) is 5.13. The third-order valence-corrected chi connectivity index (χ3v) is 5.35. The number of fused-ring (bicyclic) bond motifs is 1. The normalized spacial score (nSPS) is 11.8. The van der Waals surface area contributed by atoms with Gasteiger partial charge in [-0.1, -0.05) is 37.3 Å². The molecule has 4 aromatic rings. The molecule has 6 nitrogen and oxygen atoms in total. The Hall–Kier alpha value is -3.80. The lowest BCUT2D eigenvalue weighted by Crippen LogP contribution is -2.04. The summed E-state index contributed by atoms with van der Waals surface area (Å²) in [6.45, 7) is 4.22. The Morgan fingerprint density at radius 1 is 1.16 bits per heavy atom. The number of aryl methyl sites for hydroxylation is 2. The largest absolute Gasteiger partial charge is 0.489 e. The molecule has 2 heterocycles. The van der Waals surface area contributed by atoms with Crippen LogP contribution in [0.1, 0.15) is 30.2 Å². The molecule has 0 fully saturated rings. The van der Waals surface area contributed by atoms with Crippen molar-refractivity contribution in [1.82, 2.24) is 14.3 Å². The fraction of sp³-hybridized carbons (Fsp3) is 0.200. The van der Waals surface area contributed by atoms with Gasteiger partial charge in [-0.15, -0.1) is 0 Å². The van der Waals surface area contributed by atoms with Gasteiger partial charge in [-0.05, 0) is 43.2 Å². The van der Waals surface area contributed by atoms with Crippen molar-refractivity contribution in [3.63, 3.8) is 0 Å². The summed E-state index contributed by atoms with van der Waals surface area (Å²) in [7, 11) is 1.87. The lowest BCUT2D eigenvalue weighted by Gasteiger charge is -2.11. The zero-order valence-electron chi connectivity index (χ0n) is 17.9. The van der Waals surface area contributed by atoms with E-state index in [1.807, 2.05) is 86.3 Å². The van der Waals surface area contributed by atoms with Gasteiger partial charge < -0.3 is 14.4 Å². The Morgan fingerprint density at radius 2 is 1.94 bits per heavy atom. The summed E-state index contributed by atoms with van der Waals surface area (Å²) >= 11 is 0. The fourth-order valence-electron chi connectivity index (χ4n) is 3.73. The Bertz CT molecular complexity index is 1270. The second-order valence-electron chi connectivity index (χ2n) is 7.46. The van der Waals surface area contributed by atoms with Crippen LogP contribution >= 0.6 is 0 Å². The van der Waals surface area contributed by atoms with Crippen LogP contribution in [-0.4, -0.2) is 25.4 Å². The topological polar surface area (TPSA) is 69.3 Å². The van der Waals surface area contributed by atoms with Crippen LogP contribution in [0.15, 0.2) is 66.4 Å². The maximum absolute atomic E-state index is 11.6. The van der Waals surface area contributed by atoms with Gasteiger partial charge in [0.05, 0.1) is 11.2 Å². The van der Waals surface area contributed by atoms with E-state index in [2.05, 4.69) is 5.10 Å². The van der Waals surface area contributed by atoms with Crippen molar-refractivity contribution in [2.45, 2.75) is 26.9 Å². The van der Waals surface area contributed by atoms with Gasteiger partial charge in [-0.3, -0.25) is 4.68 Å². The highest BCUT2D eigenvalue weighted by Crippen LogP contribution is 2.29. The van der Waals surface area contributed by atoms with Crippen LogP contribution in [-0.2, 0) is 18.4 Å². The summed E-state index contributed by atoms with van der Waals surface area (Å²) in [5.41, 5.74) is 4.00. The summed E-state index contributed by atoms with van der Waals surface area (Å²) in [5, 5.41) is 15.1. The van der Waals surface area contributed by atoms with Crippen molar-refractivity contribution in [2.24, 2.45) is 7.05 Å². The molecule has 0 bridgehead atoms. The van der Waals surface area contributed by atoms with E-state index in [1.165, 1.54) is 0 Å². The first-order chi connectivity index (χ1) is 15.0. The molecule has 6 heteroatoms. The molecular formula is C25H25N3O3. The van der Waals surface area contributed by atoms with Gasteiger partial charge in [0, 0.05) is 35.8 Å². The Kier molecular flexibility index (Phi) is 5.62. The molecule has 0 aliphatic carbocycles. The van der Waals surface area contributed by atoms with Crippen molar-refractivity contribution in [3.05, 3.63) is 83.2 Å². The SMILES string of the molecule is CCC(=Cc1c(C)nn(C)c1-n1ccc2ccc(OCc3ccccc3)cc21)C(=O)O. The Morgan fingerprint density at radius 3 is 2.65 bits per heavy atom. The van der Waals surface area contributed by atoms with E-state index in [0.717, 1.165) is 39.3 Å². The smallest absolute Gasteiger partial charge is 0.331 e. The van der Waals surface area contributed by atoms with Gasteiger partial charge in [0.15, 0.2) is 0 Å². The highest BCUT2D eigenvalue weighted by atomic mass is 16.5. The van der Waals surface area contributed by atoms with Gasteiger partial charge >= 0.3 is 5.97 Å². The van der Waals surface area contributed by atoms with Crippen LogP contribution < -0.4 is 4.74 Å². The number of aliphatic carboxylic acids is 1. The minimum absolute atomic E-state index is 0.348. The molecule has 0 unspecified atom stereocenters. The Labute approximate surface area is 181 Å². The second-order valence-corrected chi connectivity index (χ2v) is 7.46. The molecule has 0 spiro atoms. The van der Waals surface area contributed by atoms with Crippen molar-refractivity contribution in [1.29, 1.82) is 0 Å². The summed E-state index contributed by atoms with van der Waals surface area (Å²) in [6, 6.07) is 18.1. The average molecular weight is 415 g/mol. The molecule has 0 saturated heterocycles. The van der Waals surface area contributed by atoms with Crippen LogP contribution in [0.3, 0.4) is 0 Å². The molecule has 4 rings (SSSR count). The highest BCUT2D eigenvalue weighted by molar-refractivity contribution is 5.93. The number of carbonyl (C=O) groups is 1. The fourth-order valence-corrected chi connectivity index (χ4v) is 3.73. The summed E-state index contributed by atoms with van der Waals surface area (Å²) < 4.78 is 9.83. The highest BCUT2D eigenvalue weighted by Gasteiger charge is 2.17. The number of nitrogens with zero attached hydrogens (tertiary/aromatic N) is 3. The molecule has 0 amide bonds. The molecule has 0 atom stereocenters. The zero-order valence-corrected chi connectivity index (χ0v) is 17.9. The minimum atomic E-state index is -0.911. The van der Waals surface area contributed by atoms with Crippen molar-refractivity contribution < 1.29 is 14.6 Å². The molecule has 31 heavy (non-hydrogen) atoms. The van der Waals surface area contributed by atoms with Crippen molar-refractivity contribution in [3.8, 4) is 11.6 Å². The summed E-state index contributed by atoms with van der Waals surface area (Å²) in [5.74, 6) is 0.678. The molecule has 2 aromatic heterocycles. The van der Waals surface area contributed by atoms with Gasteiger partial charge in [0.2, 0.25) is 0 Å². The third-order valence-electron chi connectivity index (χ3n) is 5.35.